The van der Waals surface area contributed by atoms with Crippen molar-refractivity contribution >= 4 is 5.97 Å². The number of para-hydroxylation sites is 1. The Morgan fingerprint density at radius 1 is 1.14 bits per heavy atom. The second-order valence-electron chi connectivity index (χ2n) is 5.41. The molecule has 0 saturated carbocycles. The van der Waals surface area contributed by atoms with Crippen molar-refractivity contribution < 1.29 is 14.6 Å². The molecule has 1 aliphatic rings. The summed E-state index contributed by atoms with van der Waals surface area (Å²) in [6, 6.07) is 17.4. The fourth-order valence-corrected chi connectivity index (χ4v) is 3.01. The van der Waals surface area contributed by atoms with Crippen LogP contribution < -0.4 is 4.74 Å². The quantitative estimate of drug-likeness (QED) is 0.927. The van der Waals surface area contributed by atoms with Gasteiger partial charge in [-0.15, -0.1) is 0 Å². The van der Waals surface area contributed by atoms with Gasteiger partial charge < -0.3 is 9.84 Å². The van der Waals surface area contributed by atoms with Gasteiger partial charge in [-0.3, -0.25) is 4.79 Å². The Morgan fingerprint density at radius 3 is 2.62 bits per heavy atom. The van der Waals surface area contributed by atoms with E-state index in [1.54, 1.807) is 0 Å². The number of benzene rings is 2. The lowest BCUT2D eigenvalue weighted by atomic mass is 9.82. The van der Waals surface area contributed by atoms with Gasteiger partial charge in [-0.1, -0.05) is 48.5 Å². The van der Waals surface area contributed by atoms with Crippen LogP contribution in [0.2, 0.25) is 0 Å². The minimum Gasteiger partial charge on any atom is -0.493 e. The molecule has 2 atom stereocenters. The standard InChI is InChI=1S/C18H18O3/c19-18(20)16(13-6-2-1-3-7-13)12-14-10-11-21-17-9-5-4-8-15(14)17/h1-9,14,16H,10-12H2,(H,19,20). The van der Waals surface area contributed by atoms with Crippen molar-refractivity contribution in [1.82, 2.24) is 0 Å². The third-order valence-corrected chi connectivity index (χ3v) is 4.10. The molecule has 0 aliphatic carbocycles. The van der Waals surface area contributed by atoms with Crippen molar-refractivity contribution in [2.75, 3.05) is 6.61 Å². The van der Waals surface area contributed by atoms with E-state index in [0.29, 0.717) is 13.0 Å². The zero-order chi connectivity index (χ0) is 14.7. The zero-order valence-corrected chi connectivity index (χ0v) is 11.7. The highest BCUT2D eigenvalue weighted by Gasteiger charge is 2.28. The fraction of sp³-hybridized carbons (Fsp3) is 0.278. The molecule has 2 unspecified atom stereocenters. The first-order chi connectivity index (χ1) is 10.3. The molecule has 3 rings (SSSR count). The molecule has 108 valence electrons. The van der Waals surface area contributed by atoms with E-state index in [0.717, 1.165) is 23.3 Å². The maximum absolute atomic E-state index is 11.7. The van der Waals surface area contributed by atoms with E-state index >= 15 is 0 Å². The fourth-order valence-electron chi connectivity index (χ4n) is 3.01. The number of hydrogen-bond acceptors (Lipinski definition) is 2. The summed E-state index contributed by atoms with van der Waals surface area (Å²) >= 11 is 0. The van der Waals surface area contributed by atoms with Crippen LogP contribution in [0.15, 0.2) is 54.6 Å². The number of rotatable bonds is 4. The van der Waals surface area contributed by atoms with E-state index in [-0.39, 0.29) is 5.92 Å². The monoisotopic (exact) mass is 282 g/mol. The lowest BCUT2D eigenvalue weighted by Crippen LogP contribution is -2.20. The van der Waals surface area contributed by atoms with E-state index < -0.39 is 11.9 Å². The van der Waals surface area contributed by atoms with Crippen molar-refractivity contribution in [2.45, 2.75) is 24.7 Å². The molecule has 21 heavy (non-hydrogen) atoms. The molecule has 0 radical (unpaired) electrons. The van der Waals surface area contributed by atoms with Crippen LogP contribution in [0.4, 0.5) is 0 Å². The van der Waals surface area contributed by atoms with Gasteiger partial charge >= 0.3 is 5.97 Å². The predicted molar refractivity (Wildman–Crippen MR) is 80.7 cm³/mol. The summed E-state index contributed by atoms with van der Waals surface area (Å²) in [7, 11) is 0. The first-order valence-electron chi connectivity index (χ1n) is 7.25. The van der Waals surface area contributed by atoms with Crippen LogP contribution >= 0.6 is 0 Å². The molecule has 0 bridgehead atoms. The van der Waals surface area contributed by atoms with E-state index in [2.05, 4.69) is 0 Å². The summed E-state index contributed by atoms with van der Waals surface area (Å²) in [6.07, 6.45) is 1.48. The Bertz CT molecular complexity index is 621. The van der Waals surface area contributed by atoms with Crippen LogP contribution in [0.5, 0.6) is 5.75 Å². The molecule has 2 aromatic carbocycles. The molecule has 0 fully saturated rings. The minimum atomic E-state index is -0.759. The van der Waals surface area contributed by atoms with Crippen molar-refractivity contribution in [2.24, 2.45) is 0 Å². The summed E-state index contributed by atoms with van der Waals surface area (Å²) in [5.41, 5.74) is 2.00. The highest BCUT2D eigenvalue weighted by atomic mass is 16.5. The van der Waals surface area contributed by atoms with Crippen molar-refractivity contribution in [3.05, 3.63) is 65.7 Å². The predicted octanol–water partition coefficient (Wildman–Crippen LogP) is 3.81. The molecule has 0 amide bonds. The molecule has 1 N–H and O–H groups in total. The van der Waals surface area contributed by atoms with Gasteiger partial charge in [0.15, 0.2) is 0 Å². The molecule has 2 aromatic rings. The molecular weight excluding hydrogens is 264 g/mol. The zero-order valence-electron chi connectivity index (χ0n) is 11.7. The largest absolute Gasteiger partial charge is 0.493 e. The molecule has 3 nitrogen and oxygen atoms in total. The van der Waals surface area contributed by atoms with Gasteiger partial charge in [-0.2, -0.15) is 0 Å². The second kappa shape index (κ2) is 6.00. The van der Waals surface area contributed by atoms with Crippen LogP contribution in [0.25, 0.3) is 0 Å². The smallest absolute Gasteiger partial charge is 0.310 e. The number of carbonyl (C=O) groups is 1. The van der Waals surface area contributed by atoms with E-state index in [4.69, 9.17) is 4.74 Å². The van der Waals surface area contributed by atoms with Crippen LogP contribution in [0.3, 0.4) is 0 Å². The van der Waals surface area contributed by atoms with Crippen LogP contribution in [-0.4, -0.2) is 17.7 Å². The lowest BCUT2D eigenvalue weighted by molar-refractivity contribution is -0.139. The van der Waals surface area contributed by atoms with Gasteiger partial charge in [-0.25, -0.2) is 0 Å². The first-order valence-corrected chi connectivity index (χ1v) is 7.25. The van der Waals surface area contributed by atoms with Crippen LogP contribution in [0, 0.1) is 0 Å². The summed E-state index contributed by atoms with van der Waals surface area (Å²) in [5, 5.41) is 9.57. The molecule has 0 spiro atoms. The maximum atomic E-state index is 11.7. The summed E-state index contributed by atoms with van der Waals surface area (Å²) in [6.45, 7) is 0.656. The normalized spacial score (nSPS) is 18.4. The number of carboxylic acid groups (broad SMARTS) is 1. The van der Waals surface area contributed by atoms with Crippen molar-refractivity contribution in [3.8, 4) is 5.75 Å². The van der Waals surface area contributed by atoms with Crippen molar-refractivity contribution in [1.29, 1.82) is 0 Å². The second-order valence-corrected chi connectivity index (χ2v) is 5.41. The Labute approximate surface area is 124 Å². The third kappa shape index (κ3) is 2.92. The highest BCUT2D eigenvalue weighted by Crippen LogP contribution is 2.39. The van der Waals surface area contributed by atoms with E-state index in [1.165, 1.54) is 0 Å². The topological polar surface area (TPSA) is 46.5 Å². The Hall–Kier alpha value is -2.29. The highest BCUT2D eigenvalue weighted by molar-refractivity contribution is 5.76. The van der Waals surface area contributed by atoms with Crippen LogP contribution in [0.1, 0.15) is 35.8 Å². The molecule has 1 heterocycles. The molecular formula is C18H18O3. The SMILES string of the molecule is O=C(O)C(CC1CCOc2ccccc21)c1ccccc1. The van der Waals surface area contributed by atoms with Gasteiger partial charge in [0.2, 0.25) is 0 Å². The van der Waals surface area contributed by atoms with Gasteiger partial charge in [0.25, 0.3) is 0 Å². The molecule has 0 aromatic heterocycles. The third-order valence-electron chi connectivity index (χ3n) is 4.10. The van der Waals surface area contributed by atoms with Crippen LogP contribution in [-0.2, 0) is 4.79 Å². The molecule has 0 saturated heterocycles. The Morgan fingerprint density at radius 2 is 1.86 bits per heavy atom. The number of fused-ring (bicyclic) bond motifs is 1. The van der Waals surface area contributed by atoms with Gasteiger partial charge in [-0.05, 0) is 36.0 Å². The number of ether oxygens (including phenoxy) is 1. The Balaban J connectivity index is 1.86. The minimum absolute atomic E-state index is 0.233. The Kier molecular flexibility index (Phi) is 3.91. The van der Waals surface area contributed by atoms with E-state index in [1.807, 2.05) is 54.6 Å². The van der Waals surface area contributed by atoms with Crippen molar-refractivity contribution in [3.63, 3.8) is 0 Å². The number of aliphatic carboxylic acids is 1. The van der Waals surface area contributed by atoms with Gasteiger partial charge in [0, 0.05) is 0 Å². The molecule has 3 heteroatoms. The maximum Gasteiger partial charge on any atom is 0.310 e. The summed E-state index contributed by atoms with van der Waals surface area (Å²) in [4.78, 5) is 11.7. The first kappa shape index (κ1) is 13.7. The lowest BCUT2D eigenvalue weighted by Gasteiger charge is -2.28. The average molecular weight is 282 g/mol. The van der Waals surface area contributed by atoms with Gasteiger partial charge in [0.05, 0.1) is 12.5 Å². The van der Waals surface area contributed by atoms with Gasteiger partial charge in [0.1, 0.15) is 5.75 Å². The number of hydrogen-bond donors (Lipinski definition) is 1. The average Bonchev–Trinajstić information content (AvgIpc) is 2.53. The molecule has 1 aliphatic heterocycles. The number of carboxylic acids is 1. The van der Waals surface area contributed by atoms with E-state index in [9.17, 15) is 9.90 Å². The summed E-state index contributed by atoms with van der Waals surface area (Å²) < 4.78 is 5.65. The summed E-state index contributed by atoms with van der Waals surface area (Å²) in [5.74, 6) is -0.102.